The van der Waals surface area contributed by atoms with E-state index in [9.17, 15) is 5.11 Å². The number of hydrogen-bond donors (Lipinski definition) is 1. The van der Waals surface area contributed by atoms with Gasteiger partial charge in [-0.3, -0.25) is 4.90 Å². The number of aromatic nitrogens is 1. The molecule has 0 saturated carbocycles. The third-order valence-electron chi connectivity index (χ3n) is 2.36. The molecule has 18 heavy (non-hydrogen) atoms. The third kappa shape index (κ3) is 6.42. The number of thiazole rings is 1. The minimum absolute atomic E-state index is 0.337. The summed E-state index contributed by atoms with van der Waals surface area (Å²) in [7, 11) is 3.59. The maximum Gasteiger partial charge on any atom is 0.0900 e. The lowest BCUT2D eigenvalue weighted by Crippen LogP contribution is -2.32. The van der Waals surface area contributed by atoms with Gasteiger partial charge in [-0.1, -0.05) is 0 Å². The molecule has 0 radical (unpaired) electrons. The Balaban J connectivity index is 2.16. The highest BCUT2D eigenvalue weighted by molar-refractivity contribution is 7.09. The molecule has 0 aliphatic carbocycles. The van der Waals surface area contributed by atoms with Crippen LogP contribution in [0.2, 0.25) is 0 Å². The molecule has 1 N–H and O–H groups in total. The van der Waals surface area contributed by atoms with E-state index in [-0.39, 0.29) is 0 Å². The summed E-state index contributed by atoms with van der Waals surface area (Å²) in [5, 5.41) is 12.9. The first kappa shape index (κ1) is 15.5. The Labute approximate surface area is 112 Å². The largest absolute Gasteiger partial charge is 0.389 e. The van der Waals surface area contributed by atoms with Gasteiger partial charge in [-0.05, 0) is 14.0 Å². The van der Waals surface area contributed by atoms with Crippen molar-refractivity contribution in [3.05, 3.63) is 16.1 Å². The molecular formula is C12H22N2O3S. The highest BCUT2D eigenvalue weighted by Gasteiger charge is 2.10. The van der Waals surface area contributed by atoms with E-state index in [1.54, 1.807) is 18.4 Å². The average molecular weight is 274 g/mol. The van der Waals surface area contributed by atoms with Gasteiger partial charge in [0.05, 0.1) is 36.6 Å². The summed E-state index contributed by atoms with van der Waals surface area (Å²) in [5.74, 6) is 0. The van der Waals surface area contributed by atoms with Gasteiger partial charge in [0, 0.05) is 25.6 Å². The van der Waals surface area contributed by atoms with Crippen LogP contribution in [-0.4, -0.2) is 61.6 Å². The van der Waals surface area contributed by atoms with Crippen LogP contribution in [0.4, 0.5) is 0 Å². The van der Waals surface area contributed by atoms with E-state index in [2.05, 4.69) is 4.98 Å². The summed E-state index contributed by atoms with van der Waals surface area (Å²) in [6.07, 6.45) is -0.480. The molecule has 0 bridgehead atoms. The van der Waals surface area contributed by atoms with Crippen molar-refractivity contribution >= 4 is 11.3 Å². The Bertz CT molecular complexity index is 333. The van der Waals surface area contributed by atoms with E-state index in [4.69, 9.17) is 9.47 Å². The number of aliphatic hydroxyl groups is 1. The Kier molecular flexibility index (Phi) is 7.38. The molecule has 1 atom stereocenters. The van der Waals surface area contributed by atoms with Crippen LogP contribution in [0.15, 0.2) is 5.38 Å². The molecular weight excluding hydrogens is 252 g/mol. The van der Waals surface area contributed by atoms with Crippen molar-refractivity contribution in [2.75, 3.05) is 40.5 Å². The molecule has 1 aromatic heterocycles. The molecule has 0 amide bonds. The van der Waals surface area contributed by atoms with E-state index in [1.807, 2.05) is 24.3 Å². The number of rotatable bonds is 9. The number of hydrogen-bond acceptors (Lipinski definition) is 6. The molecule has 0 aliphatic heterocycles. The molecule has 6 heteroatoms. The van der Waals surface area contributed by atoms with Crippen molar-refractivity contribution < 1.29 is 14.6 Å². The Morgan fingerprint density at radius 1 is 1.50 bits per heavy atom. The molecule has 1 heterocycles. The normalized spacial score (nSPS) is 13.2. The third-order valence-corrected chi connectivity index (χ3v) is 3.19. The van der Waals surface area contributed by atoms with Crippen molar-refractivity contribution in [1.82, 2.24) is 9.88 Å². The molecule has 0 fully saturated rings. The van der Waals surface area contributed by atoms with Crippen LogP contribution in [-0.2, 0) is 16.0 Å². The van der Waals surface area contributed by atoms with Crippen LogP contribution in [0.25, 0.3) is 0 Å². The first-order valence-corrected chi connectivity index (χ1v) is 6.84. The zero-order chi connectivity index (χ0) is 13.4. The lowest BCUT2D eigenvalue weighted by molar-refractivity contribution is 0.00151. The number of methoxy groups -OCH3 is 1. The average Bonchev–Trinajstić information content (AvgIpc) is 2.70. The van der Waals surface area contributed by atoms with Gasteiger partial charge in [0.25, 0.3) is 0 Å². The summed E-state index contributed by atoms with van der Waals surface area (Å²) in [6.45, 7) is 4.72. The summed E-state index contributed by atoms with van der Waals surface area (Å²) in [4.78, 5) is 6.43. The molecule has 1 aromatic rings. The second kappa shape index (κ2) is 8.55. The van der Waals surface area contributed by atoms with Gasteiger partial charge in [-0.2, -0.15) is 0 Å². The smallest absolute Gasteiger partial charge is 0.0900 e. The standard InChI is InChI=1S/C12H22N2O3S/c1-10-13-11(9-18-10)6-14(2)7-12(15)8-17-5-4-16-3/h9,12,15H,4-8H2,1-3H3. The monoisotopic (exact) mass is 274 g/mol. The lowest BCUT2D eigenvalue weighted by Gasteiger charge is -2.19. The SMILES string of the molecule is COCCOCC(O)CN(C)Cc1csc(C)n1. The van der Waals surface area contributed by atoms with Crippen LogP contribution >= 0.6 is 11.3 Å². The highest BCUT2D eigenvalue weighted by atomic mass is 32.1. The molecule has 1 unspecified atom stereocenters. The summed E-state index contributed by atoms with van der Waals surface area (Å²) < 4.78 is 10.1. The van der Waals surface area contributed by atoms with Crippen LogP contribution < -0.4 is 0 Å². The number of likely N-dealkylation sites (N-methyl/N-ethyl adjacent to an activating group) is 1. The van der Waals surface area contributed by atoms with Gasteiger partial charge in [0.1, 0.15) is 0 Å². The minimum Gasteiger partial charge on any atom is -0.389 e. The summed E-state index contributed by atoms with van der Waals surface area (Å²) in [5.41, 5.74) is 1.05. The number of aliphatic hydroxyl groups excluding tert-OH is 1. The Morgan fingerprint density at radius 3 is 2.89 bits per heavy atom. The van der Waals surface area contributed by atoms with Crippen molar-refractivity contribution in [3.8, 4) is 0 Å². The second-order valence-corrected chi connectivity index (χ2v) is 5.34. The van der Waals surface area contributed by atoms with E-state index < -0.39 is 6.10 Å². The van der Waals surface area contributed by atoms with Gasteiger partial charge < -0.3 is 14.6 Å². The molecule has 0 saturated heterocycles. The molecule has 0 aliphatic rings. The van der Waals surface area contributed by atoms with Crippen molar-refractivity contribution in [2.24, 2.45) is 0 Å². The predicted molar refractivity (Wildman–Crippen MR) is 71.9 cm³/mol. The maximum absolute atomic E-state index is 9.78. The fourth-order valence-electron chi connectivity index (χ4n) is 1.60. The molecule has 0 aromatic carbocycles. The fraction of sp³-hybridized carbons (Fsp3) is 0.750. The summed E-state index contributed by atoms with van der Waals surface area (Å²) >= 11 is 1.65. The topological polar surface area (TPSA) is 54.8 Å². The van der Waals surface area contributed by atoms with Crippen LogP contribution in [0, 0.1) is 6.92 Å². The first-order valence-electron chi connectivity index (χ1n) is 5.96. The number of aryl methyl sites for hydroxylation is 1. The minimum atomic E-state index is -0.480. The fourth-order valence-corrected chi connectivity index (χ4v) is 2.20. The molecule has 104 valence electrons. The van der Waals surface area contributed by atoms with E-state index >= 15 is 0 Å². The zero-order valence-electron chi connectivity index (χ0n) is 11.3. The van der Waals surface area contributed by atoms with Gasteiger partial charge >= 0.3 is 0 Å². The second-order valence-electron chi connectivity index (χ2n) is 4.28. The molecule has 1 rings (SSSR count). The van der Waals surface area contributed by atoms with Gasteiger partial charge in [0.2, 0.25) is 0 Å². The highest BCUT2D eigenvalue weighted by Crippen LogP contribution is 2.09. The number of nitrogens with zero attached hydrogens (tertiary/aromatic N) is 2. The van der Waals surface area contributed by atoms with Gasteiger partial charge in [-0.15, -0.1) is 11.3 Å². The van der Waals surface area contributed by atoms with Crippen molar-refractivity contribution in [1.29, 1.82) is 0 Å². The van der Waals surface area contributed by atoms with E-state index in [0.29, 0.717) is 26.4 Å². The van der Waals surface area contributed by atoms with Gasteiger partial charge in [0.15, 0.2) is 0 Å². The lowest BCUT2D eigenvalue weighted by atomic mass is 10.3. The molecule has 0 spiro atoms. The Morgan fingerprint density at radius 2 is 2.28 bits per heavy atom. The quantitative estimate of drug-likeness (QED) is 0.678. The summed E-state index contributed by atoms with van der Waals surface area (Å²) in [6, 6.07) is 0. The molecule has 5 nitrogen and oxygen atoms in total. The number of ether oxygens (including phenoxy) is 2. The van der Waals surface area contributed by atoms with Crippen LogP contribution in [0.3, 0.4) is 0 Å². The van der Waals surface area contributed by atoms with Crippen LogP contribution in [0.5, 0.6) is 0 Å². The zero-order valence-corrected chi connectivity index (χ0v) is 12.1. The van der Waals surface area contributed by atoms with Crippen LogP contribution in [0.1, 0.15) is 10.7 Å². The maximum atomic E-state index is 9.78. The van der Waals surface area contributed by atoms with Crippen molar-refractivity contribution in [3.63, 3.8) is 0 Å². The predicted octanol–water partition coefficient (Wildman–Crippen LogP) is 0.907. The van der Waals surface area contributed by atoms with Gasteiger partial charge in [-0.25, -0.2) is 4.98 Å². The van der Waals surface area contributed by atoms with E-state index in [0.717, 1.165) is 17.2 Å². The van der Waals surface area contributed by atoms with Crippen molar-refractivity contribution in [2.45, 2.75) is 19.6 Å². The first-order chi connectivity index (χ1) is 8.61. The van der Waals surface area contributed by atoms with E-state index in [1.165, 1.54) is 0 Å². The Hall–Kier alpha value is -0.530.